The van der Waals surface area contributed by atoms with Crippen molar-refractivity contribution in [1.29, 1.82) is 0 Å². The molecule has 3 aromatic rings. The van der Waals surface area contributed by atoms with Gasteiger partial charge in [-0.15, -0.1) is 0 Å². The van der Waals surface area contributed by atoms with Gasteiger partial charge < -0.3 is 5.32 Å². The number of amides is 1. The van der Waals surface area contributed by atoms with Crippen molar-refractivity contribution in [2.24, 2.45) is 5.92 Å². The van der Waals surface area contributed by atoms with Gasteiger partial charge in [-0.1, -0.05) is 49.4 Å². The van der Waals surface area contributed by atoms with E-state index in [2.05, 4.69) is 39.5 Å². The molecular formula is C23H26N4O. The van der Waals surface area contributed by atoms with Gasteiger partial charge >= 0.3 is 0 Å². The number of benzene rings is 2. The second kappa shape index (κ2) is 8.40. The van der Waals surface area contributed by atoms with E-state index in [-0.39, 0.29) is 5.91 Å². The summed E-state index contributed by atoms with van der Waals surface area (Å²) in [4.78, 5) is 15.2. The second-order valence-electron chi connectivity index (χ2n) is 7.66. The maximum absolute atomic E-state index is 12.7. The summed E-state index contributed by atoms with van der Waals surface area (Å²) in [5.74, 6) is 0.617. The molecule has 4 rings (SSSR count). The molecule has 2 aromatic carbocycles. The molecule has 1 unspecified atom stereocenters. The molecule has 1 aliphatic heterocycles. The van der Waals surface area contributed by atoms with Crippen molar-refractivity contribution in [3.8, 4) is 11.3 Å². The summed E-state index contributed by atoms with van der Waals surface area (Å²) in [6.45, 7) is 5.63. The van der Waals surface area contributed by atoms with Crippen LogP contribution in [0.4, 0.5) is 5.69 Å². The van der Waals surface area contributed by atoms with Gasteiger partial charge in [0, 0.05) is 24.3 Å². The first-order valence-electron chi connectivity index (χ1n) is 9.90. The van der Waals surface area contributed by atoms with Gasteiger partial charge in [0.15, 0.2) is 0 Å². The topological polar surface area (TPSA) is 61.0 Å². The van der Waals surface area contributed by atoms with Crippen LogP contribution in [0.15, 0.2) is 60.8 Å². The largest absolute Gasteiger partial charge is 0.322 e. The number of aromatic amines is 1. The summed E-state index contributed by atoms with van der Waals surface area (Å²) in [6.07, 6.45) is 4.19. The number of aromatic nitrogens is 2. The molecule has 2 N–H and O–H groups in total. The number of likely N-dealkylation sites (tertiary alicyclic amines) is 1. The number of anilines is 1. The molecule has 2 heterocycles. The number of nitrogens with one attached hydrogen (secondary N) is 2. The molecule has 1 fully saturated rings. The maximum atomic E-state index is 12.7. The highest BCUT2D eigenvalue weighted by Crippen LogP contribution is 2.22. The van der Waals surface area contributed by atoms with Crippen LogP contribution in [-0.2, 0) is 6.54 Å². The molecule has 5 nitrogen and oxygen atoms in total. The Morgan fingerprint density at radius 3 is 2.71 bits per heavy atom. The van der Waals surface area contributed by atoms with Crippen LogP contribution in [0, 0.1) is 5.92 Å². The smallest absolute Gasteiger partial charge is 0.259 e. The second-order valence-corrected chi connectivity index (χ2v) is 7.66. The quantitative estimate of drug-likeness (QED) is 0.688. The highest BCUT2D eigenvalue weighted by Gasteiger charge is 2.17. The van der Waals surface area contributed by atoms with E-state index in [1.165, 1.54) is 31.5 Å². The molecule has 5 heteroatoms. The third-order valence-electron chi connectivity index (χ3n) is 5.31. The molecule has 0 spiro atoms. The normalized spacial score (nSPS) is 17.4. The van der Waals surface area contributed by atoms with Gasteiger partial charge in [0.1, 0.15) is 0 Å². The van der Waals surface area contributed by atoms with Crippen molar-refractivity contribution in [3.05, 3.63) is 71.9 Å². The fourth-order valence-electron chi connectivity index (χ4n) is 3.86. The fraction of sp³-hybridized carbons (Fsp3) is 0.304. The summed E-state index contributed by atoms with van der Waals surface area (Å²) in [5.41, 5.74) is 4.28. The Hall–Kier alpha value is -2.92. The van der Waals surface area contributed by atoms with Gasteiger partial charge in [-0.3, -0.25) is 14.8 Å². The molecule has 144 valence electrons. The Balaban J connectivity index is 1.41. The third-order valence-corrected chi connectivity index (χ3v) is 5.31. The Bertz CT molecular complexity index is 917. The van der Waals surface area contributed by atoms with E-state index < -0.39 is 0 Å². The lowest BCUT2D eigenvalue weighted by Crippen LogP contribution is -2.33. The van der Waals surface area contributed by atoms with Crippen LogP contribution in [0.5, 0.6) is 0 Å². The van der Waals surface area contributed by atoms with Crippen LogP contribution in [-0.4, -0.2) is 34.1 Å². The number of hydrogen-bond acceptors (Lipinski definition) is 3. The van der Waals surface area contributed by atoms with Crippen LogP contribution >= 0.6 is 0 Å². The van der Waals surface area contributed by atoms with Crippen molar-refractivity contribution >= 4 is 11.6 Å². The van der Waals surface area contributed by atoms with Gasteiger partial charge in [0.05, 0.1) is 17.5 Å². The number of nitrogens with zero attached hydrogens (tertiary/aromatic N) is 2. The zero-order valence-corrected chi connectivity index (χ0v) is 16.2. The number of carbonyl (C=O) groups excluding carboxylic acids is 1. The van der Waals surface area contributed by atoms with Crippen molar-refractivity contribution < 1.29 is 4.79 Å². The molecule has 1 amide bonds. The van der Waals surface area contributed by atoms with Crippen molar-refractivity contribution in [3.63, 3.8) is 0 Å². The monoisotopic (exact) mass is 374 g/mol. The molecule has 0 bridgehead atoms. The van der Waals surface area contributed by atoms with Crippen LogP contribution in [0.25, 0.3) is 11.3 Å². The van der Waals surface area contributed by atoms with Crippen LogP contribution < -0.4 is 5.32 Å². The fourth-order valence-corrected chi connectivity index (χ4v) is 3.86. The minimum absolute atomic E-state index is 0.162. The molecular weight excluding hydrogens is 348 g/mol. The van der Waals surface area contributed by atoms with Gasteiger partial charge in [-0.05, 0) is 43.0 Å². The van der Waals surface area contributed by atoms with Gasteiger partial charge in [-0.25, -0.2) is 0 Å². The van der Waals surface area contributed by atoms with E-state index in [1.807, 2.05) is 42.5 Å². The predicted molar refractivity (Wildman–Crippen MR) is 112 cm³/mol. The first kappa shape index (κ1) is 18.4. The minimum atomic E-state index is -0.162. The van der Waals surface area contributed by atoms with Crippen LogP contribution in [0.3, 0.4) is 0 Å². The number of H-pyrrole nitrogens is 1. The van der Waals surface area contributed by atoms with Crippen molar-refractivity contribution in [1.82, 2.24) is 15.1 Å². The molecule has 0 radical (unpaired) electrons. The van der Waals surface area contributed by atoms with E-state index >= 15 is 0 Å². The average molecular weight is 374 g/mol. The lowest BCUT2D eigenvalue weighted by atomic mass is 10.00. The van der Waals surface area contributed by atoms with E-state index in [0.29, 0.717) is 5.56 Å². The van der Waals surface area contributed by atoms with Crippen molar-refractivity contribution in [2.45, 2.75) is 26.3 Å². The van der Waals surface area contributed by atoms with Crippen LogP contribution in [0.1, 0.15) is 35.7 Å². The highest BCUT2D eigenvalue weighted by molar-refractivity contribution is 6.07. The summed E-state index contributed by atoms with van der Waals surface area (Å²) in [6, 6.07) is 17.9. The molecule has 0 aliphatic carbocycles. The first-order valence-corrected chi connectivity index (χ1v) is 9.90. The predicted octanol–water partition coefficient (Wildman–Crippen LogP) is 4.56. The molecule has 28 heavy (non-hydrogen) atoms. The molecule has 1 aromatic heterocycles. The Morgan fingerprint density at radius 1 is 1.18 bits per heavy atom. The summed E-state index contributed by atoms with van der Waals surface area (Å²) in [5, 5.41) is 9.97. The van der Waals surface area contributed by atoms with E-state index in [1.54, 1.807) is 6.20 Å². The van der Waals surface area contributed by atoms with Crippen molar-refractivity contribution in [2.75, 3.05) is 18.4 Å². The number of hydrogen-bond donors (Lipinski definition) is 2. The first-order chi connectivity index (χ1) is 13.7. The third kappa shape index (κ3) is 4.31. The number of rotatable bonds is 5. The molecule has 1 atom stereocenters. The van der Waals surface area contributed by atoms with Gasteiger partial charge in [0.25, 0.3) is 5.91 Å². The number of carbonyl (C=O) groups is 1. The lowest BCUT2D eigenvalue weighted by Gasteiger charge is -2.30. The zero-order chi connectivity index (χ0) is 19.3. The van der Waals surface area contributed by atoms with Gasteiger partial charge in [-0.2, -0.15) is 5.10 Å². The van der Waals surface area contributed by atoms with Crippen LogP contribution in [0.2, 0.25) is 0 Å². The molecule has 1 aliphatic rings. The highest BCUT2D eigenvalue weighted by atomic mass is 16.1. The Labute approximate surface area is 165 Å². The Kier molecular flexibility index (Phi) is 5.53. The maximum Gasteiger partial charge on any atom is 0.259 e. The minimum Gasteiger partial charge on any atom is -0.322 e. The van der Waals surface area contributed by atoms with Gasteiger partial charge in [0.2, 0.25) is 0 Å². The summed E-state index contributed by atoms with van der Waals surface area (Å²) in [7, 11) is 0. The summed E-state index contributed by atoms with van der Waals surface area (Å²) < 4.78 is 0. The van der Waals surface area contributed by atoms with E-state index in [4.69, 9.17) is 0 Å². The summed E-state index contributed by atoms with van der Waals surface area (Å²) >= 11 is 0. The average Bonchev–Trinajstić information content (AvgIpc) is 3.20. The molecule has 1 saturated heterocycles. The number of piperidine rings is 1. The Morgan fingerprint density at radius 2 is 1.96 bits per heavy atom. The zero-order valence-electron chi connectivity index (χ0n) is 16.2. The van der Waals surface area contributed by atoms with E-state index in [9.17, 15) is 4.79 Å². The SMILES string of the molecule is CC1CCCN(Cc2ccc(NC(=O)c3cn[nH]c3-c3ccccc3)cc2)C1. The molecule has 0 saturated carbocycles. The standard InChI is InChI=1S/C23H26N4O/c1-17-6-5-13-27(15-17)16-18-9-11-20(12-10-18)25-23(28)21-14-24-26-22(21)19-7-3-2-4-8-19/h2-4,7-12,14,17H,5-6,13,15-16H2,1H3,(H,24,26)(H,25,28). The lowest BCUT2D eigenvalue weighted by molar-refractivity contribution is 0.102. The van der Waals surface area contributed by atoms with E-state index in [0.717, 1.165) is 29.4 Å².